The number of rotatable bonds is 1. The zero-order valence-corrected chi connectivity index (χ0v) is 11.4. The standard InChI is InChI=1S/C19H15N/c1-13-6-4-7-14(12-13)15-9-5-11-18-19(15)16-8-2-3-10-17(16)20-18/h2-12,20H,1H3. The van der Waals surface area contributed by atoms with E-state index in [-0.39, 0.29) is 0 Å². The molecule has 3 aromatic carbocycles. The number of aromatic nitrogens is 1. The number of hydrogen-bond donors (Lipinski definition) is 1. The van der Waals surface area contributed by atoms with Crippen LogP contribution in [-0.2, 0) is 0 Å². The molecule has 1 aromatic heterocycles. The highest BCUT2D eigenvalue weighted by atomic mass is 14.7. The fourth-order valence-corrected chi connectivity index (χ4v) is 2.96. The van der Waals surface area contributed by atoms with E-state index in [1.54, 1.807) is 0 Å². The fraction of sp³-hybridized carbons (Fsp3) is 0.0526. The summed E-state index contributed by atoms with van der Waals surface area (Å²) >= 11 is 0. The smallest absolute Gasteiger partial charge is 0.0471 e. The normalized spacial score (nSPS) is 11.2. The molecule has 0 aliphatic carbocycles. The van der Waals surface area contributed by atoms with Gasteiger partial charge in [-0.3, -0.25) is 0 Å². The van der Waals surface area contributed by atoms with Crippen LogP contribution in [0.2, 0.25) is 0 Å². The topological polar surface area (TPSA) is 15.8 Å². The average Bonchev–Trinajstić information content (AvgIpc) is 2.85. The molecular weight excluding hydrogens is 242 g/mol. The molecule has 0 atom stereocenters. The number of para-hydroxylation sites is 1. The molecule has 0 bridgehead atoms. The Hall–Kier alpha value is -2.54. The van der Waals surface area contributed by atoms with Crippen molar-refractivity contribution in [2.75, 3.05) is 0 Å². The van der Waals surface area contributed by atoms with Crippen LogP contribution >= 0.6 is 0 Å². The highest BCUT2D eigenvalue weighted by molar-refractivity contribution is 6.14. The van der Waals surface area contributed by atoms with Crippen molar-refractivity contribution in [3.63, 3.8) is 0 Å². The van der Waals surface area contributed by atoms with Gasteiger partial charge >= 0.3 is 0 Å². The Morgan fingerprint density at radius 2 is 1.55 bits per heavy atom. The van der Waals surface area contributed by atoms with Crippen LogP contribution < -0.4 is 0 Å². The van der Waals surface area contributed by atoms with Crippen molar-refractivity contribution in [2.45, 2.75) is 6.92 Å². The molecule has 0 fully saturated rings. The van der Waals surface area contributed by atoms with Gasteiger partial charge in [-0.25, -0.2) is 0 Å². The number of fused-ring (bicyclic) bond motifs is 3. The summed E-state index contributed by atoms with van der Waals surface area (Å²) in [5.74, 6) is 0. The monoisotopic (exact) mass is 257 g/mol. The van der Waals surface area contributed by atoms with Crippen LogP contribution in [0.4, 0.5) is 0 Å². The molecule has 0 radical (unpaired) electrons. The third kappa shape index (κ3) is 1.64. The summed E-state index contributed by atoms with van der Waals surface area (Å²) in [4.78, 5) is 3.50. The summed E-state index contributed by atoms with van der Waals surface area (Å²) in [7, 11) is 0. The first kappa shape index (κ1) is 11.3. The van der Waals surface area contributed by atoms with E-state index in [1.165, 1.54) is 38.5 Å². The van der Waals surface area contributed by atoms with Gasteiger partial charge in [-0.15, -0.1) is 0 Å². The number of H-pyrrole nitrogens is 1. The predicted octanol–water partition coefficient (Wildman–Crippen LogP) is 5.30. The maximum atomic E-state index is 3.50. The molecule has 0 spiro atoms. The summed E-state index contributed by atoms with van der Waals surface area (Å²) in [5.41, 5.74) is 6.26. The van der Waals surface area contributed by atoms with Crippen LogP contribution in [0.3, 0.4) is 0 Å². The van der Waals surface area contributed by atoms with Crippen LogP contribution in [0, 0.1) is 6.92 Å². The van der Waals surface area contributed by atoms with Crippen molar-refractivity contribution in [3.8, 4) is 11.1 Å². The number of hydrogen-bond acceptors (Lipinski definition) is 0. The van der Waals surface area contributed by atoms with Gasteiger partial charge < -0.3 is 4.98 Å². The largest absolute Gasteiger partial charge is 0.354 e. The highest BCUT2D eigenvalue weighted by Crippen LogP contribution is 2.34. The lowest BCUT2D eigenvalue weighted by molar-refractivity contribution is 1.47. The Kier molecular flexibility index (Phi) is 2.40. The second-order valence-corrected chi connectivity index (χ2v) is 5.27. The van der Waals surface area contributed by atoms with E-state index >= 15 is 0 Å². The quantitative estimate of drug-likeness (QED) is 0.476. The maximum Gasteiger partial charge on any atom is 0.0471 e. The van der Waals surface area contributed by atoms with E-state index in [4.69, 9.17) is 0 Å². The minimum Gasteiger partial charge on any atom is -0.354 e. The molecule has 4 aromatic rings. The van der Waals surface area contributed by atoms with Gasteiger partial charge in [-0.1, -0.05) is 60.2 Å². The Labute approximate surface area is 117 Å². The van der Waals surface area contributed by atoms with Gasteiger partial charge in [0.25, 0.3) is 0 Å². The number of nitrogens with one attached hydrogen (secondary N) is 1. The first-order valence-electron chi connectivity index (χ1n) is 6.89. The van der Waals surface area contributed by atoms with Gasteiger partial charge in [0.15, 0.2) is 0 Å². The van der Waals surface area contributed by atoms with Crippen LogP contribution in [-0.4, -0.2) is 4.98 Å². The minimum absolute atomic E-state index is 1.20. The van der Waals surface area contributed by atoms with E-state index in [0.29, 0.717) is 0 Å². The first-order chi connectivity index (χ1) is 9.83. The zero-order valence-electron chi connectivity index (χ0n) is 11.4. The van der Waals surface area contributed by atoms with Gasteiger partial charge in [0, 0.05) is 21.8 Å². The highest BCUT2D eigenvalue weighted by Gasteiger charge is 2.09. The second-order valence-electron chi connectivity index (χ2n) is 5.27. The molecule has 1 N–H and O–H groups in total. The molecule has 1 nitrogen and oxygen atoms in total. The Bertz CT molecular complexity index is 915. The summed E-state index contributed by atoms with van der Waals surface area (Å²) in [5, 5.41) is 2.60. The molecule has 0 aliphatic heterocycles. The molecule has 1 heteroatoms. The van der Waals surface area contributed by atoms with Gasteiger partial charge in [0.1, 0.15) is 0 Å². The lowest BCUT2D eigenvalue weighted by atomic mass is 9.98. The van der Waals surface area contributed by atoms with E-state index in [0.717, 1.165) is 0 Å². The summed E-state index contributed by atoms with van der Waals surface area (Å²) in [6.45, 7) is 2.14. The molecule has 0 amide bonds. The van der Waals surface area contributed by atoms with E-state index in [2.05, 4.69) is 78.6 Å². The number of aryl methyl sites for hydroxylation is 1. The third-order valence-corrected chi connectivity index (χ3v) is 3.86. The molecule has 0 saturated heterocycles. The molecule has 0 unspecified atom stereocenters. The Balaban J connectivity index is 2.14. The number of benzene rings is 3. The first-order valence-corrected chi connectivity index (χ1v) is 6.89. The van der Waals surface area contributed by atoms with Gasteiger partial charge in [0.05, 0.1) is 0 Å². The van der Waals surface area contributed by atoms with Crippen molar-refractivity contribution < 1.29 is 0 Å². The van der Waals surface area contributed by atoms with Crippen molar-refractivity contribution in [1.29, 1.82) is 0 Å². The summed E-state index contributed by atoms with van der Waals surface area (Å²) < 4.78 is 0. The van der Waals surface area contributed by atoms with Crippen molar-refractivity contribution in [3.05, 3.63) is 72.3 Å². The molecule has 20 heavy (non-hydrogen) atoms. The molecule has 1 heterocycles. The van der Waals surface area contributed by atoms with Gasteiger partial charge in [0.2, 0.25) is 0 Å². The Morgan fingerprint density at radius 1 is 0.750 bits per heavy atom. The van der Waals surface area contributed by atoms with Crippen molar-refractivity contribution in [1.82, 2.24) is 4.98 Å². The molecule has 4 rings (SSSR count). The summed E-state index contributed by atoms with van der Waals surface area (Å²) in [6, 6.07) is 23.7. The van der Waals surface area contributed by atoms with Gasteiger partial charge in [-0.2, -0.15) is 0 Å². The molecule has 96 valence electrons. The van der Waals surface area contributed by atoms with Crippen molar-refractivity contribution in [2.24, 2.45) is 0 Å². The van der Waals surface area contributed by atoms with Crippen molar-refractivity contribution >= 4 is 21.8 Å². The van der Waals surface area contributed by atoms with E-state index < -0.39 is 0 Å². The SMILES string of the molecule is Cc1cccc(-c2cccc3[nH]c4ccccc4c23)c1. The maximum absolute atomic E-state index is 3.50. The molecular formula is C19H15N. The van der Waals surface area contributed by atoms with E-state index in [9.17, 15) is 0 Å². The molecule has 0 aliphatic rings. The van der Waals surface area contributed by atoms with Crippen LogP contribution in [0.5, 0.6) is 0 Å². The molecule has 0 saturated carbocycles. The third-order valence-electron chi connectivity index (χ3n) is 3.86. The average molecular weight is 257 g/mol. The minimum atomic E-state index is 1.20. The van der Waals surface area contributed by atoms with Gasteiger partial charge in [-0.05, 0) is 30.2 Å². The van der Waals surface area contributed by atoms with Crippen LogP contribution in [0.15, 0.2) is 66.7 Å². The van der Waals surface area contributed by atoms with Crippen LogP contribution in [0.1, 0.15) is 5.56 Å². The lowest BCUT2D eigenvalue weighted by Gasteiger charge is -2.05. The Morgan fingerprint density at radius 3 is 2.45 bits per heavy atom. The van der Waals surface area contributed by atoms with E-state index in [1.807, 2.05) is 0 Å². The summed E-state index contributed by atoms with van der Waals surface area (Å²) in [6.07, 6.45) is 0. The lowest BCUT2D eigenvalue weighted by Crippen LogP contribution is -1.81. The second kappa shape index (κ2) is 4.24. The zero-order chi connectivity index (χ0) is 13.5. The fourth-order valence-electron chi connectivity index (χ4n) is 2.96. The number of aromatic amines is 1. The predicted molar refractivity (Wildman–Crippen MR) is 86.0 cm³/mol. The van der Waals surface area contributed by atoms with Crippen LogP contribution in [0.25, 0.3) is 32.9 Å².